The maximum Gasteiger partial charge on any atom is 0.261 e. The Morgan fingerprint density at radius 2 is 2.03 bits per heavy atom. The standard InChI is InChI=1S/C23H23N3O4S/c1-4-17-6-8-19(31-17)22(29)24-23(3)12-20(27)26(14-23)16-5-7-18(15(2)11-16)25-9-10-30-13-21(25)28/h1,5-8,11H,9-10,12-14H2,2-3H3,(H,24,29). The number of terminal acetylenes is 1. The van der Waals surface area contributed by atoms with Crippen LogP contribution in [0.3, 0.4) is 0 Å². The summed E-state index contributed by atoms with van der Waals surface area (Å²) in [5, 5.41) is 3.00. The number of nitrogens with zero attached hydrogens (tertiary/aromatic N) is 2. The van der Waals surface area contributed by atoms with Crippen LogP contribution in [0.4, 0.5) is 11.4 Å². The minimum Gasteiger partial charge on any atom is -0.370 e. The van der Waals surface area contributed by atoms with Crippen LogP contribution in [-0.2, 0) is 14.3 Å². The summed E-state index contributed by atoms with van der Waals surface area (Å²) in [6.45, 7) is 5.24. The van der Waals surface area contributed by atoms with Crippen molar-refractivity contribution in [3.8, 4) is 12.3 Å². The molecule has 4 rings (SSSR count). The number of anilines is 2. The molecule has 0 radical (unpaired) electrons. The summed E-state index contributed by atoms with van der Waals surface area (Å²) in [5.41, 5.74) is 1.78. The van der Waals surface area contributed by atoms with E-state index in [9.17, 15) is 14.4 Å². The summed E-state index contributed by atoms with van der Waals surface area (Å²) in [4.78, 5) is 42.2. The molecule has 31 heavy (non-hydrogen) atoms. The first-order valence-corrected chi connectivity index (χ1v) is 10.8. The van der Waals surface area contributed by atoms with Crippen LogP contribution in [0.5, 0.6) is 0 Å². The molecule has 0 spiro atoms. The number of carbonyl (C=O) groups is 3. The van der Waals surface area contributed by atoms with Gasteiger partial charge in [0.25, 0.3) is 11.8 Å². The van der Waals surface area contributed by atoms with Gasteiger partial charge in [-0.15, -0.1) is 17.8 Å². The SMILES string of the molecule is C#Cc1ccc(C(=O)NC2(C)CC(=O)N(c3ccc(N4CCOCC4=O)c(C)c3)C2)s1. The molecule has 3 heterocycles. The van der Waals surface area contributed by atoms with Crippen molar-refractivity contribution in [3.05, 3.63) is 45.6 Å². The Hall–Kier alpha value is -3.15. The summed E-state index contributed by atoms with van der Waals surface area (Å²) in [6.07, 6.45) is 5.58. The van der Waals surface area contributed by atoms with Crippen LogP contribution < -0.4 is 15.1 Å². The largest absolute Gasteiger partial charge is 0.370 e. The van der Waals surface area contributed by atoms with Crippen LogP contribution in [0.15, 0.2) is 30.3 Å². The van der Waals surface area contributed by atoms with Crippen LogP contribution in [-0.4, -0.2) is 49.6 Å². The number of aryl methyl sites for hydroxylation is 1. The molecule has 2 aromatic rings. The highest BCUT2D eigenvalue weighted by Crippen LogP contribution is 2.32. The van der Waals surface area contributed by atoms with Gasteiger partial charge in [0, 0.05) is 24.5 Å². The molecule has 0 saturated carbocycles. The number of nitrogens with one attached hydrogen (secondary N) is 1. The molecule has 1 unspecified atom stereocenters. The molecule has 3 amide bonds. The zero-order valence-electron chi connectivity index (χ0n) is 17.4. The normalized spacial score (nSPS) is 21.3. The first-order chi connectivity index (χ1) is 14.8. The van der Waals surface area contributed by atoms with E-state index in [2.05, 4.69) is 11.2 Å². The molecule has 2 aliphatic heterocycles. The van der Waals surface area contributed by atoms with Gasteiger partial charge in [0.2, 0.25) is 5.91 Å². The van der Waals surface area contributed by atoms with Gasteiger partial charge in [-0.3, -0.25) is 14.4 Å². The van der Waals surface area contributed by atoms with Gasteiger partial charge >= 0.3 is 0 Å². The number of hydrogen-bond acceptors (Lipinski definition) is 5. The Labute approximate surface area is 185 Å². The van der Waals surface area contributed by atoms with Gasteiger partial charge < -0.3 is 19.9 Å². The highest BCUT2D eigenvalue weighted by Gasteiger charge is 2.41. The number of hydrogen-bond donors (Lipinski definition) is 1. The number of benzene rings is 1. The zero-order valence-corrected chi connectivity index (χ0v) is 18.3. The first-order valence-electron chi connectivity index (χ1n) is 9.98. The van der Waals surface area contributed by atoms with E-state index >= 15 is 0 Å². The predicted octanol–water partition coefficient (Wildman–Crippen LogP) is 2.33. The number of morpholine rings is 1. The second-order valence-electron chi connectivity index (χ2n) is 8.05. The maximum absolute atomic E-state index is 12.8. The number of rotatable bonds is 4. The lowest BCUT2D eigenvalue weighted by Crippen LogP contribution is -2.47. The average molecular weight is 438 g/mol. The van der Waals surface area contributed by atoms with Crippen molar-refractivity contribution < 1.29 is 19.1 Å². The summed E-state index contributed by atoms with van der Waals surface area (Å²) in [7, 11) is 0. The summed E-state index contributed by atoms with van der Waals surface area (Å²) in [6, 6.07) is 9.04. The van der Waals surface area contributed by atoms with Gasteiger partial charge in [0.05, 0.1) is 28.3 Å². The van der Waals surface area contributed by atoms with Crippen molar-refractivity contribution in [1.29, 1.82) is 0 Å². The third-order valence-corrected chi connectivity index (χ3v) is 6.52. The fourth-order valence-corrected chi connectivity index (χ4v) is 4.71. The molecular weight excluding hydrogens is 414 g/mol. The van der Waals surface area contributed by atoms with Crippen molar-refractivity contribution in [2.75, 3.05) is 36.1 Å². The Balaban J connectivity index is 1.50. The topological polar surface area (TPSA) is 79.0 Å². The number of carbonyl (C=O) groups excluding carboxylic acids is 3. The molecular formula is C23H23N3O4S. The molecule has 1 atom stereocenters. The molecule has 2 aliphatic rings. The molecule has 2 fully saturated rings. The molecule has 1 aromatic carbocycles. The minimum absolute atomic E-state index is 0.0621. The Morgan fingerprint density at radius 3 is 2.71 bits per heavy atom. The molecule has 7 nitrogen and oxygen atoms in total. The second-order valence-corrected chi connectivity index (χ2v) is 9.13. The van der Waals surface area contributed by atoms with Crippen LogP contribution in [0.1, 0.15) is 33.5 Å². The van der Waals surface area contributed by atoms with Gasteiger partial charge in [-0.25, -0.2) is 0 Å². The average Bonchev–Trinajstić information content (AvgIpc) is 3.33. The van der Waals surface area contributed by atoms with E-state index in [0.29, 0.717) is 29.5 Å². The number of amides is 3. The van der Waals surface area contributed by atoms with E-state index in [-0.39, 0.29) is 30.7 Å². The Kier molecular flexibility index (Phi) is 5.56. The number of thiophene rings is 1. The third-order valence-electron chi connectivity index (χ3n) is 5.51. The van der Waals surface area contributed by atoms with Crippen molar-refractivity contribution in [3.63, 3.8) is 0 Å². The Morgan fingerprint density at radius 1 is 1.23 bits per heavy atom. The summed E-state index contributed by atoms with van der Waals surface area (Å²) < 4.78 is 5.20. The molecule has 2 saturated heterocycles. The van der Waals surface area contributed by atoms with E-state index in [1.165, 1.54) is 11.3 Å². The highest BCUT2D eigenvalue weighted by atomic mass is 32.1. The van der Waals surface area contributed by atoms with E-state index in [0.717, 1.165) is 16.9 Å². The van der Waals surface area contributed by atoms with Crippen molar-refractivity contribution >= 4 is 40.4 Å². The van der Waals surface area contributed by atoms with Gasteiger partial charge in [-0.05, 0) is 49.7 Å². The Bertz CT molecular complexity index is 1100. The van der Waals surface area contributed by atoms with Crippen LogP contribution >= 0.6 is 11.3 Å². The second kappa shape index (κ2) is 8.17. The molecule has 0 aliphatic carbocycles. The highest BCUT2D eigenvalue weighted by molar-refractivity contribution is 7.14. The summed E-state index contributed by atoms with van der Waals surface area (Å²) >= 11 is 1.25. The van der Waals surface area contributed by atoms with Gasteiger partial charge in [0.1, 0.15) is 6.61 Å². The van der Waals surface area contributed by atoms with E-state index in [4.69, 9.17) is 11.2 Å². The lowest BCUT2D eigenvalue weighted by molar-refractivity contribution is -0.125. The fourth-order valence-electron chi connectivity index (χ4n) is 4.00. The quantitative estimate of drug-likeness (QED) is 0.745. The van der Waals surface area contributed by atoms with Crippen molar-refractivity contribution in [2.24, 2.45) is 0 Å². The molecule has 160 valence electrons. The maximum atomic E-state index is 12.8. The smallest absolute Gasteiger partial charge is 0.261 e. The summed E-state index contributed by atoms with van der Waals surface area (Å²) in [5.74, 6) is 2.15. The van der Waals surface area contributed by atoms with Crippen molar-refractivity contribution in [2.45, 2.75) is 25.8 Å². The van der Waals surface area contributed by atoms with Gasteiger partial charge in [-0.2, -0.15) is 0 Å². The van der Waals surface area contributed by atoms with Gasteiger partial charge in [-0.1, -0.05) is 5.92 Å². The fraction of sp³-hybridized carbons (Fsp3) is 0.348. The lowest BCUT2D eigenvalue weighted by atomic mass is 10.0. The molecule has 0 bridgehead atoms. The molecule has 1 aromatic heterocycles. The monoisotopic (exact) mass is 437 g/mol. The van der Waals surface area contributed by atoms with Gasteiger partial charge in [0.15, 0.2) is 0 Å². The van der Waals surface area contributed by atoms with E-state index in [1.54, 1.807) is 21.9 Å². The van der Waals surface area contributed by atoms with E-state index in [1.807, 2.05) is 32.0 Å². The minimum atomic E-state index is -0.693. The number of ether oxygens (including phenoxy) is 1. The predicted molar refractivity (Wildman–Crippen MR) is 119 cm³/mol. The third kappa shape index (κ3) is 4.20. The van der Waals surface area contributed by atoms with Crippen molar-refractivity contribution in [1.82, 2.24) is 5.32 Å². The zero-order chi connectivity index (χ0) is 22.2. The molecule has 1 N–H and O–H groups in total. The van der Waals surface area contributed by atoms with Crippen LogP contribution in [0, 0.1) is 19.3 Å². The first kappa shape index (κ1) is 21.1. The van der Waals surface area contributed by atoms with Crippen LogP contribution in [0.2, 0.25) is 0 Å². The van der Waals surface area contributed by atoms with Crippen LogP contribution in [0.25, 0.3) is 0 Å². The lowest BCUT2D eigenvalue weighted by Gasteiger charge is -2.29. The van der Waals surface area contributed by atoms with E-state index < -0.39 is 5.54 Å². The molecule has 8 heteroatoms.